The molecule has 1 aromatic carbocycles. The molecule has 2 heterocycles. The van der Waals surface area contributed by atoms with Crippen LogP contribution in [0.25, 0.3) is 0 Å². The molecule has 0 spiro atoms. The Morgan fingerprint density at radius 2 is 1.54 bits per heavy atom. The van der Waals surface area contributed by atoms with Gasteiger partial charge in [-0.25, -0.2) is 4.79 Å². The molecule has 0 aromatic heterocycles. The summed E-state index contributed by atoms with van der Waals surface area (Å²) < 4.78 is 0. The first-order chi connectivity index (χ1) is 13.6. The van der Waals surface area contributed by atoms with Gasteiger partial charge in [-0.1, -0.05) is 43.2 Å². The van der Waals surface area contributed by atoms with E-state index in [0.717, 1.165) is 71.1 Å². The number of likely N-dealkylation sites (tertiary alicyclic amines) is 2. The molecule has 1 N–H and O–H groups in total. The molecule has 4 rings (SSSR count). The lowest BCUT2D eigenvalue weighted by molar-refractivity contribution is -0.136. The third kappa shape index (κ3) is 3.51. The second-order valence-corrected chi connectivity index (χ2v) is 8.83. The van der Waals surface area contributed by atoms with Gasteiger partial charge < -0.3 is 15.1 Å². The molecule has 3 amide bonds. The molecule has 0 radical (unpaired) electrons. The fraction of sp³-hybridized carbons (Fsp3) is 0.652. The predicted octanol–water partition coefficient (Wildman–Crippen LogP) is 3.40. The van der Waals surface area contributed by atoms with Crippen molar-refractivity contribution in [3.8, 4) is 0 Å². The van der Waals surface area contributed by atoms with Gasteiger partial charge in [0.25, 0.3) is 0 Å². The van der Waals surface area contributed by atoms with Crippen molar-refractivity contribution in [2.75, 3.05) is 33.2 Å². The van der Waals surface area contributed by atoms with Gasteiger partial charge in [0.2, 0.25) is 5.91 Å². The van der Waals surface area contributed by atoms with Gasteiger partial charge in [-0.3, -0.25) is 4.79 Å². The highest BCUT2D eigenvalue weighted by Crippen LogP contribution is 2.44. The van der Waals surface area contributed by atoms with Gasteiger partial charge in [-0.05, 0) is 49.5 Å². The maximum atomic E-state index is 13.6. The normalized spacial score (nSPS) is 25.1. The highest BCUT2D eigenvalue weighted by atomic mass is 16.2. The molecule has 2 saturated heterocycles. The van der Waals surface area contributed by atoms with Crippen LogP contribution in [0.1, 0.15) is 50.5 Å². The van der Waals surface area contributed by atoms with E-state index < -0.39 is 0 Å². The van der Waals surface area contributed by atoms with Crippen LogP contribution in [0.15, 0.2) is 30.3 Å². The van der Waals surface area contributed by atoms with Gasteiger partial charge >= 0.3 is 6.03 Å². The van der Waals surface area contributed by atoms with Crippen LogP contribution in [-0.4, -0.2) is 55.0 Å². The molecule has 3 fully saturated rings. The minimum Gasteiger partial charge on any atom is -0.342 e. The minimum atomic E-state index is -0.293. The van der Waals surface area contributed by atoms with Crippen LogP contribution in [0.4, 0.5) is 4.79 Å². The lowest BCUT2D eigenvalue weighted by Crippen LogP contribution is -2.46. The number of amides is 3. The van der Waals surface area contributed by atoms with E-state index in [4.69, 9.17) is 0 Å². The predicted molar refractivity (Wildman–Crippen MR) is 110 cm³/mol. The van der Waals surface area contributed by atoms with E-state index >= 15 is 0 Å². The van der Waals surface area contributed by atoms with E-state index in [1.165, 1.54) is 5.56 Å². The van der Waals surface area contributed by atoms with Crippen LogP contribution in [0, 0.1) is 11.8 Å². The number of urea groups is 1. The molecule has 28 heavy (non-hydrogen) atoms. The van der Waals surface area contributed by atoms with E-state index in [9.17, 15) is 9.59 Å². The lowest BCUT2D eigenvalue weighted by atomic mass is 9.77. The molecule has 2 aliphatic heterocycles. The zero-order valence-corrected chi connectivity index (χ0v) is 17.0. The SMILES string of the molecule is CNC(=O)N1CCC(C2CCN(C(=O)C3(c4ccccc4)CCCC3)C2)CC1. The number of nitrogens with zero attached hydrogens (tertiary/aromatic N) is 2. The van der Waals surface area contributed by atoms with Crippen molar-refractivity contribution in [2.24, 2.45) is 11.8 Å². The van der Waals surface area contributed by atoms with E-state index in [-0.39, 0.29) is 11.4 Å². The summed E-state index contributed by atoms with van der Waals surface area (Å²) in [6.45, 7) is 3.47. The summed E-state index contributed by atoms with van der Waals surface area (Å²) in [6.07, 6.45) is 7.50. The first-order valence-corrected chi connectivity index (χ1v) is 11.0. The van der Waals surface area contributed by atoms with Crippen LogP contribution in [0.5, 0.6) is 0 Å². The molecule has 1 atom stereocenters. The minimum absolute atomic E-state index is 0.0349. The molecular formula is C23H33N3O2. The quantitative estimate of drug-likeness (QED) is 0.870. The summed E-state index contributed by atoms with van der Waals surface area (Å²) in [5.41, 5.74) is 0.915. The Labute approximate surface area is 168 Å². The zero-order chi connectivity index (χ0) is 19.6. The molecule has 152 valence electrons. The van der Waals surface area contributed by atoms with Crippen molar-refractivity contribution in [1.29, 1.82) is 0 Å². The van der Waals surface area contributed by atoms with E-state index in [2.05, 4.69) is 34.5 Å². The first-order valence-electron chi connectivity index (χ1n) is 11.0. The number of piperidine rings is 1. The topological polar surface area (TPSA) is 52.7 Å². The summed E-state index contributed by atoms with van der Waals surface area (Å²) in [6, 6.07) is 10.5. The smallest absolute Gasteiger partial charge is 0.317 e. The number of carbonyl (C=O) groups is 2. The van der Waals surface area contributed by atoms with E-state index in [1.54, 1.807) is 7.05 Å². The Morgan fingerprint density at radius 3 is 2.18 bits per heavy atom. The van der Waals surface area contributed by atoms with Crippen molar-refractivity contribution in [3.63, 3.8) is 0 Å². The number of carbonyl (C=O) groups excluding carboxylic acids is 2. The first kappa shape index (κ1) is 19.3. The Morgan fingerprint density at radius 1 is 0.929 bits per heavy atom. The van der Waals surface area contributed by atoms with Crippen LogP contribution >= 0.6 is 0 Å². The fourth-order valence-corrected chi connectivity index (χ4v) is 5.75. The second-order valence-electron chi connectivity index (χ2n) is 8.83. The maximum absolute atomic E-state index is 13.6. The Hall–Kier alpha value is -2.04. The summed E-state index contributed by atoms with van der Waals surface area (Å²) in [5, 5.41) is 2.73. The summed E-state index contributed by atoms with van der Waals surface area (Å²) >= 11 is 0. The van der Waals surface area contributed by atoms with Gasteiger partial charge in [0.1, 0.15) is 0 Å². The molecule has 5 nitrogen and oxygen atoms in total. The number of benzene rings is 1. The van der Waals surface area contributed by atoms with Crippen molar-refractivity contribution >= 4 is 11.9 Å². The third-order valence-corrected chi connectivity index (χ3v) is 7.41. The number of nitrogens with one attached hydrogen (secondary N) is 1. The molecule has 0 bridgehead atoms. The standard InChI is InChI=1S/C23H33N3O2/c1-24-22(28)25-14-9-18(10-15-25)19-11-16-26(17-19)21(27)23(12-5-6-13-23)20-7-3-2-4-8-20/h2-4,7-8,18-19H,5-6,9-17H2,1H3,(H,24,28). The fourth-order valence-electron chi connectivity index (χ4n) is 5.75. The monoisotopic (exact) mass is 383 g/mol. The molecule has 1 saturated carbocycles. The average molecular weight is 384 g/mol. The van der Waals surface area contributed by atoms with Crippen LogP contribution < -0.4 is 5.32 Å². The average Bonchev–Trinajstić information content (AvgIpc) is 3.44. The maximum Gasteiger partial charge on any atom is 0.317 e. The lowest BCUT2D eigenvalue weighted by Gasteiger charge is -2.35. The highest BCUT2D eigenvalue weighted by Gasteiger charge is 2.46. The Balaban J connectivity index is 1.40. The van der Waals surface area contributed by atoms with Crippen LogP contribution in [0.3, 0.4) is 0 Å². The number of hydrogen-bond acceptors (Lipinski definition) is 2. The summed E-state index contributed by atoms with van der Waals surface area (Å²) in [5.74, 6) is 1.58. The molecule has 1 aliphatic carbocycles. The second kappa shape index (κ2) is 8.14. The van der Waals surface area contributed by atoms with Gasteiger partial charge in [0.15, 0.2) is 0 Å². The highest BCUT2D eigenvalue weighted by molar-refractivity contribution is 5.89. The van der Waals surface area contributed by atoms with Crippen molar-refractivity contribution in [2.45, 2.75) is 50.4 Å². The van der Waals surface area contributed by atoms with E-state index in [0.29, 0.717) is 17.7 Å². The van der Waals surface area contributed by atoms with Crippen LogP contribution in [-0.2, 0) is 10.2 Å². The van der Waals surface area contributed by atoms with Gasteiger partial charge in [0.05, 0.1) is 5.41 Å². The largest absolute Gasteiger partial charge is 0.342 e. The van der Waals surface area contributed by atoms with E-state index in [1.807, 2.05) is 11.0 Å². The van der Waals surface area contributed by atoms with Crippen molar-refractivity contribution in [1.82, 2.24) is 15.1 Å². The Kier molecular flexibility index (Phi) is 5.61. The van der Waals surface area contributed by atoms with Crippen LogP contribution in [0.2, 0.25) is 0 Å². The molecule has 1 unspecified atom stereocenters. The molecule has 1 aromatic rings. The number of hydrogen-bond donors (Lipinski definition) is 1. The van der Waals surface area contributed by atoms with Gasteiger partial charge in [0, 0.05) is 33.2 Å². The summed E-state index contributed by atoms with van der Waals surface area (Å²) in [7, 11) is 1.69. The van der Waals surface area contributed by atoms with Crippen molar-refractivity contribution in [3.05, 3.63) is 35.9 Å². The zero-order valence-electron chi connectivity index (χ0n) is 17.0. The summed E-state index contributed by atoms with van der Waals surface area (Å²) in [4.78, 5) is 29.5. The number of rotatable bonds is 3. The van der Waals surface area contributed by atoms with Gasteiger partial charge in [-0.15, -0.1) is 0 Å². The molecule has 3 aliphatic rings. The molecule has 5 heteroatoms. The van der Waals surface area contributed by atoms with Gasteiger partial charge in [-0.2, -0.15) is 0 Å². The Bertz CT molecular complexity index is 691. The third-order valence-electron chi connectivity index (χ3n) is 7.41. The van der Waals surface area contributed by atoms with Crippen molar-refractivity contribution < 1.29 is 9.59 Å². The molecular weight excluding hydrogens is 350 g/mol.